The summed E-state index contributed by atoms with van der Waals surface area (Å²) in [5, 5.41) is 13.9. The van der Waals surface area contributed by atoms with Crippen LogP contribution in [-0.4, -0.2) is 35.5 Å². The Morgan fingerprint density at radius 2 is 1.75 bits per heavy atom. The standard InChI is InChI=1S/C14H26N2O4/c1-5-6-7-10(13(19)20)16-12(18)9-15-11(17)8-14(2,3)4/h10H,5-9H2,1-4H3,(H,15,17)(H,16,18)(H,19,20). The molecule has 6 heteroatoms. The molecule has 2 amide bonds. The van der Waals surface area contributed by atoms with Gasteiger partial charge in [-0.15, -0.1) is 0 Å². The van der Waals surface area contributed by atoms with Crippen LogP contribution in [0.15, 0.2) is 0 Å². The fourth-order valence-corrected chi connectivity index (χ4v) is 1.63. The van der Waals surface area contributed by atoms with E-state index in [0.29, 0.717) is 12.8 Å². The van der Waals surface area contributed by atoms with Crippen LogP contribution in [0.5, 0.6) is 0 Å². The van der Waals surface area contributed by atoms with Crippen molar-refractivity contribution in [3.8, 4) is 0 Å². The van der Waals surface area contributed by atoms with Gasteiger partial charge in [0.15, 0.2) is 0 Å². The number of nitrogens with one attached hydrogen (secondary N) is 2. The summed E-state index contributed by atoms with van der Waals surface area (Å²) >= 11 is 0. The van der Waals surface area contributed by atoms with E-state index in [9.17, 15) is 14.4 Å². The molecule has 0 aromatic heterocycles. The second kappa shape index (κ2) is 8.55. The van der Waals surface area contributed by atoms with Gasteiger partial charge in [0.25, 0.3) is 0 Å². The largest absolute Gasteiger partial charge is 0.480 e. The normalized spacial score (nSPS) is 12.6. The predicted molar refractivity (Wildman–Crippen MR) is 76.2 cm³/mol. The minimum Gasteiger partial charge on any atom is -0.480 e. The predicted octanol–water partition coefficient (Wildman–Crippen LogP) is 1.30. The lowest BCUT2D eigenvalue weighted by Crippen LogP contribution is -2.45. The van der Waals surface area contributed by atoms with E-state index in [1.807, 2.05) is 27.7 Å². The number of amides is 2. The van der Waals surface area contributed by atoms with E-state index in [1.54, 1.807) is 0 Å². The summed E-state index contributed by atoms with van der Waals surface area (Å²) < 4.78 is 0. The van der Waals surface area contributed by atoms with Crippen molar-refractivity contribution in [1.29, 1.82) is 0 Å². The smallest absolute Gasteiger partial charge is 0.326 e. The number of carbonyl (C=O) groups excluding carboxylic acids is 2. The lowest BCUT2D eigenvalue weighted by molar-refractivity contribution is -0.142. The highest BCUT2D eigenvalue weighted by atomic mass is 16.4. The average molecular weight is 286 g/mol. The number of carboxylic acids is 1. The third kappa shape index (κ3) is 9.35. The van der Waals surface area contributed by atoms with Crippen molar-refractivity contribution in [2.75, 3.05) is 6.54 Å². The highest BCUT2D eigenvalue weighted by molar-refractivity contribution is 5.87. The topological polar surface area (TPSA) is 95.5 Å². The molecule has 0 saturated heterocycles. The number of hydrogen-bond acceptors (Lipinski definition) is 3. The van der Waals surface area contributed by atoms with Crippen LogP contribution in [0.25, 0.3) is 0 Å². The fraction of sp³-hybridized carbons (Fsp3) is 0.786. The molecule has 0 heterocycles. The Hall–Kier alpha value is -1.59. The number of carboxylic acid groups (broad SMARTS) is 1. The first-order valence-corrected chi connectivity index (χ1v) is 6.94. The van der Waals surface area contributed by atoms with Crippen LogP contribution < -0.4 is 10.6 Å². The molecule has 0 aromatic carbocycles. The first-order valence-electron chi connectivity index (χ1n) is 6.94. The molecule has 3 N–H and O–H groups in total. The summed E-state index contributed by atoms with van der Waals surface area (Å²) in [4.78, 5) is 34.1. The minimum atomic E-state index is -1.05. The summed E-state index contributed by atoms with van der Waals surface area (Å²) in [6.07, 6.45) is 2.31. The molecule has 0 aliphatic heterocycles. The van der Waals surface area contributed by atoms with Gasteiger partial charge in [-0.2, -0.15) is 0 Å². The minimum absolute atomic E-state index is 0.148. The number of unbranched alkanes of at least 4 members (excludes halogenated alkanes) is 1. The highest BCUT2D eigenvalue weighted by Gasteiger charge is 2.20. The zero-order chi connectivity index (χ0) is 15.8. The van der Waals surface area contributed by atoms with Crippen molar-refractivity contribution in [3.05, 3.63) is 0 Å². The summed E-state index contributed by atoms with van der Waals surface area (Å²) in [6.45, 7) is 7.55. The van der Waals surface area contributed by atoms with Crippen molar-refractivity contribution in [1.82, 2.24) is 10.6 Å². The Labute approximate surface area is 120 Å². The van der Waals surface area contributed by atoms with Gasteiger partial charge in [0.2, 0.25) is 11.8 Å². The lowest BCUT2D eigenvalue weighted by Gasteiger charge is -2.18. The van der Waals surface area contributed by atoms with Crippen molar-refractivity contribution in [2.45, 2.75) is 59.4 Å². The quantitative estimate of drug-likeness (QED) is 0.626. The van der Waals surface area contributed by atoms with Crippen LogP contribution in [-0.2, 0) is 14.4 Å². The molecule has 6 nitrogen and oxygen atoms in total. The summed E-state index contributed by atoms with van der Waals surface area (Å²) in [6, 6.07) is -0.887. The molecule has 0 bridgehead atoms. The molecule has 20 heavy (non-hydrogen) atoms. The molecule has 0 aliphatic rings. The third-order valence-electron chi connectivity index (χ3n) is 2.62. The van der Waals surface area contributed by atoms with Crippen molar-refractivity contribution in [2.24, 2.45) is 5.41 Å². The molecule has 0 spiro atoms. The molecule has 0 aliphatic carbocycles. The number of hydrogen-bond donors (Lipinski definition) is 3. The number of rotatable bonds is 8. The Balaban J connectivity index is 4.14. The summed E-state index contributed by atoms with van der Waals surface area (Å²) in [5.74, 6) is -1.74. The molecule has 0 saturated carbocycles. The zero-order valence-corrected chi connectivity index (χ0v) is 12.8. The molecular weight excluding hydrogens is 260 g/mol. The molecule has 1 atom stereocenters. The van der Waals surface area contributed by atoms with Crippen LogP contribution in [0.1, 0.15) is 53.4 Å². The fourth-order valence-electron chi connectivity index (χ4n) is 1.63. The van der Waals surface area contributed by atoms with E-state index >= 15 is 0 Å². The Kier molecular flexibility index (Phi) is 7.87. The van der Waals surface area contributed by atoms with Crippen molar-refractivity contribution >= 4 is 17.8 Å². The zero-order valence-electron chi connectivity index (χ0n) is 12.8. The SMILES string of the molecule is CCCCC(NC(=O)CNC(=O)CC(C)(C)C)C(=O)O. The van der Waals surface area contributed by atoms with Gasteiger partial charge in [-0.25, -0.2) is 4.79 Å². The summed E-state index contributed by atoms with van der Waals surface area (Å²) in [7, 11) is 0. The molecule has 1 unspecified atom stereocenters. The molecule has 0 fully saturated rings. The van der Waals surface area contributed by atoms with Crippen LogP contribution in [0.3, 0.4) is 0 Å². The van der Waals surface area contributed by atoms with Gasteiger partial charge in [-0.05, 0) is 11.8 Å². The maximum absolute atomic E-state index is 11.6. The molecule has 0 rings (SSSR count). The molecule has 116 valence electrons. The van der Waals surface area contributed by atoms with Crippen LogP contribution >= 0.6 is 0 Å². The van der Waals surface area contributed by atoms with E-state index < -0.39 is 17.9 Å². The monoisotopic (exact) mass is 286 g/mol. The second-order valence-electron chi connectivity index (χ2n) is 6.11. The van der Waals surface area contributed by atoms with E-state index in [2.05, 4.69) is 10.6 Å². The van der Waals surface area contributed by atoms with Crippen LogP contribution in [0.2, 0.25) is 0 Å². The Morgan fingerprint density at radius 1 is 1.15 bits per heavy atom. The number of aliphatic carboxylic acids is 1. The highest BCUT2D eigenvalue weighted by Crippen LogP contribution is 2.17. The van der Waals surface area contributed by atoms with E-state index in [1.165, 1.54) is 0 Å². The van der Waals surface area contributed by atoms with Crippen LogP contribution in [0.4, 0.5) is 0 Å². The average Bonchev–Trinajstić information content (AvgIpc) is 2.29. The van der Waals surface area contributed by atoms with E-state index in [4.69, 9.17) is 5.11 Å². The van der Waals surface area contributed by atoms with Gasteiger partial charge < -0.3 is 15.7 Å². The van der Waals surface area contributed by atoms with E-state index in [0.717, 1.165) is 12.8 Å². The molecule has 0 radical (unpaired) electrons. The van der Waals surface area contributed by atoms with Gasteiger partial charge in [-0.1, -0.05) is 40.5 Å². The molecular formula is C14H26N2O4. The van der Waals surface area contributed by atoms with E-state index in [-0.39, 0.29) is 17.9 Å². The molecule has 0 aromatic rings. The van der Waals surface area contributed by atoms with Gasteiger partial charge in [-0.3, -0.25) is 9.59 Å². The van der Waals surface area contributed by atoms with Gasteiger partial charge in [0, 0.05) is 6.42 Å². The second-order valence-corrected chi connectivity index (χ2v) is 6.11. The Morgan fingerprint density at radius 3 is 2.20 bits per heavy atom. The maximum atomic E-state index is 11.6. The van der Waals surface area contributed by atoms with Crippen molar-refractivity contribution < 1.29 is 19.5 Å². The lowest BCUT2D eigenvalue weighted by atomic mass is 9.92. The maximum Gasteiger partial charge on any atom is 0.326 e. The van der Waals surface area contributed by atoms with Crippen LogP contribution in [0, 0.1) is 5.41 Å². The third-order valence-corrected chi connectivity index (χ3v) is 2.62. The Bertz CT molecular complexity index is 348. The van der Waals surface area contributed by atoms with Crippen molar-refractivity contribution in [3.63, 3.8) is 0 Å². The summed E-state index contributed by atoms with van der Waals surface area (Å²) in [5.41, 5.74) is -0.148. The van der Waals surface area contributed by atoms with Gasteiger partial charge in [0.05, 0.1) is 6.54 Å². The first kappa shape index (κ1) is 18.4. The number of carbonyl (C=O) groups is 3. The van der Waals surface area contributed by atoms with Gasteiger partial charge >= 0.3 is 5.97 Å². The van der Waals surface area contributed by atoms with Gasteiger partial charge in [0.1, 0.15) is 6.04 Å². The first-order chi connectivity index (χ1) is 9.15.